The highest BCUT2D eigenvalue weighted by Crippen LogP contribution is 2.45. The van der Waals surface area contributed by atoms with E-state index in [1.165, 1.54) is 0 Å². The Morgan fingerprint density at radius 2 is 1.76 bits per heavy atom. The maximum atomic E-state index is 12.7. The Balaban J connectivity index is 1.46. The van der Waals surface area contributed by atoms with Crippen molar-refractivity contribution in [3.8, 4) is 21.7 Å². The Hall–Kier alpha value is -3.54. The first-order valence-electron chi connectivity index (χ1n) is 15.5. The molecule has 0 radical (unpaired) electrons. The molecule has 1 fully saturated rings. The number of halogens is 1. The van der Waals surface area contributed by atoms with Crippen LogP contribution in [-0.4, -0.2) is 82.8 Å². The topological polar surface area (TPSA) is 93.0 Å². The van der Waals surface area contributed by atoms with Crippen molar-refractivity contribution in [2.45, 2.75) is 39.4 Å². The second-order valence-corrected chi connectivity index (χ2v) is 14.2. The summed E-state index contributed by atoms with van der Waals surface area (Å²) in [4.78, 5) is 22.6. The molecule has 3 aromatic carbocycles. The first-order chi connectivity index (χ1) is 21.9. The van der Waals surface area contributed by atoms with E-state index in [1.807, 2.05) is 69.8 Å². The minimum Gasteiger partial charge on any atom is -0.479 e. The Morgan fingerprint density at radius 1 is 1.07 bits per heavy atom. The van der Waals surface area contributed by atoms with Crippen LogP contribution in [0.1, 0.15) is 38.0 Å². The van der Waals surface area contributed by atoms with Crippen molar-refractivity contribution in [2.75, 3.05) is 51.3 Å². The normalized spacial score (nSPS) is 15.2. The van der Waals surface area contributed by atoms with Crippen molar-refractivity contribution in [1.29, 1.82) is 0 Å². The standard InChI is InChI=1S/C35H40ClN5O4S/c1-21-19-26-31(29(22-7-10-24(36)11-8-22)28(21)30(34(42)43)45-35(2,3)4)46-33(37-26)23-9-12-27-25(20-23)32(38-39(27)5)41-15-13-40(14-16-41)17-18-44-6/h7-12,19-20,30H,13-18H2,1-6H3,(H,42,43). The molecule has 0 bridgehead atoms. The van der Waals surface area contributed by atoms with Crippen LogP contribution in [0.5, 0.6) is 0 Å². The van der Waals surface area contributed by atoms with Crippen LogP contribution in [0.25, 0.3) is 42.8 Å². The van der Waals surface area contributed by atoms with Gasteiger partial charge in [0.15, 0.2) is 11.9 Å². The summed E-state index contributed by atoms with van der Waals surface area (Å²) in [5, 5.41) is 17.9. The van der Waals surface area contributed by atoms with E-state index in [0.29, 0.717) is 10.6 Å². The molecule has 2 aromatic heterocycles. The molecule has 11 heteroatoms. The molecular weight excluding hydrogens is 622 g/mol. The number of methoxy groups -OCH3 is 1. The van der Waals surface area contributed by atoms with Crippen LogP contribution >= 0.6 is 22.9 Å². The van der Waals surface area contributed by atoms with Crippen LogP contribution in [0.15, 0.2) is 48.5 Å². The number of benzene rings is 3. The monoisotopic (exact) mass is 661 g/mol. The highest BCUT2D eigenvalue weighted by molar-refractivity contribution is 7.22. The molecule has 3 heterocycles. The minimum absolute atomic E-state index is 0.608. The summed E-state index contributed by atoms with van der Waals surface area (Å²) < 4.78 is 14.3. The van der Waals surface area contributed by atoms with Gasteiger partial charge in [-0.15, -0.1) is 11.3 Å². The van der Waals surface area contributed by atoms with E-state index in [9.17, 15) is 9.90 Å². The van der Waals surface area contributed by atoms with E-state index >= 15 is 0 Å². The first kappa shape index (κ1) is 32.4. The van der Waals surface area contributed by atoms with Gasteiger partial charge < -0.3 is 19.5 Å². The van der Waals surface area contributed by atoms with Gasteiger partial charge in [-0.2, -0.15) is 5.10 Å². The van der Waals surface area contributed by atoms with Crippen LogP contribution in [0.4, 0.5) is 5.82 Å². The van der Waals surface area contributed by atoms with Crippen molar-refractivity contribution < 1.29 is 19.4 Å². The quantitative estimate of drug-likeness (QED) is 0.178. The van der Waals surface area contributed by atoms with E-state index in [1.54, 1.807) is 18.4 Å². The van der Waals surface area contributed by atoms with Gasteiger partial charge in [-0.1, -0.05) is 23.7 Å². The van der Waals surface area contributed by atoms with Crippen LogP contribution in [0, 0.1) is 6.92 Å². The zero-order valence-corrected chi connectivity index (χ0v) is 28.7. The number of aliphatic carboxylic acids is 1. The lowest BCUT2D eigenvalue weighted by atomic mass is 9.91. The summed E-state index contributed by atoms with van der Waals surface area (Å²) in [6.45, 7) is 12.9. The zero-order chi connectivity index (χ0) is 32.7. The van der Waals surface area contributed by atoms with Gasteiger partial charge in [-0.25, -0.2) is 9.78 Å². The molecule has 9 nitrogen and oxygen atoms in total. The third kappa shape index (κ3) is 6.50. The number of fused-ring (bicyclic) bond motifs is 2. The Kier molecular flexibility index (Phi) is 9.11. The van der Waals surface area contributed by atoms with Gasteiger partial charge in [0, 0.05) is 74.0 Å². The number of carboxylic acid groups (broad SMARTS) is 1. The molecule has 1 N–H and O–H groups in total. The number of aryl methyl sites for hydroxylation is 2. The average Bonchev–Trinajstić information content (AvgIpc) is 3.59. The predicted octanol–water partition coefficient (Wildman–Crippen LogP) is 7.19. The van der Waals surface area contributed by atoms with Crippen LogP contribution < -0.4 is 4.90 Å². The highest BCUT2D eigenvalue weighted by atomic mass is 35.5. The smallest absolute Gasteiger partial charge is 0.337 e. The number of hydrogen-bond acceptors (Lipinski definition) is 8. The molecule has 46 heavy (non-hydrogen) atoms. The number of nitrogens with zero attached hydrogens (tertiary/aromatic N) is 5. The van der Waals surface area contributed by atoms with Gasteiger partial charge in [0.1, 0.15) is 5.01 Å². The number of carbonyl (C=O) groups is 1. The van der Waals surface area contributed by atoms with E-state index < -0.39 is 17.7 Å². The van der Waals surface area contributed by atoms with Crippen molar-refractivity contribution in [2.24, 2.45) is 7.05 Å². The van der Waals surface area contributed by atoms with Gasteiger partial charge in [0.05, 0.1) is 27.9 Å². The van der Waals surface area contributed by atoms with Gasteiger partial charge in [0.25, 0.3) is 0 Å². The number of rotatable bonds is 9. The van der Waals surface area contributed by atoms with E-state index in [4.69, 9.17) is 31.2 Å². The van der Waals surface area contributed by atoms with Crippen molar-refractivity contribution in [1.82, 2.24) is 19.7 Å². The van der Waals surface area contributed by atoms with Gasteiger partial charge in [0.2, 0.25) is 0 Å². The molecule has 6 rings (SSSR count). The highest BCUT2D eigenvalue weighted by Gasteiger charge is 2.32. The second-order valence-electron chi connectivity index (χ2n) is 12.8. The maximum Gasteiger partial charge on any atom is 0.337 e. The molecule has 1 saturated heterocycles. The third-order valence-corrected chi connectivity index (χ3v) is 9.77. The predicted molar refractivity (Wildman–Crippen MR) is 186 cm³/mol. The summed E-state index contributed by atoms with van der Waals surface area (Å²) in [7, 11) is 3.73. The lowest BCUT2D eigenvalue weighted by Gasteiger charge is -2.34. The van der Waals surface area contributed by atoms with Crippen LogP contribution in [0.3, 0.4) is 0 Å². The molecule has 0 amide bonds. The summed E-state index contributed by atoms with van der Waals surface area (Å²) in [5.74, 6) is -0.0538. The van der Waals surface area contributed by atoms with Crippen LogP contribution in [-0.2, 0) is 21.3 Å². The molecule has 0 spiro atoms. The summed E-state index contributed by atoms with van der Waals surface area (Å²) >= 11 is 7.83. The summed E-state index contributed by atoms with van der Waals surface area (Å²) in [5.41, 5.74) is 5.29. The first-order valence-corrected chi connectivity index (χ1v) is 16.7. The molecule has 1 aliphatic heterocycles. The zero-order valence-electron chi connectivity index (χ0n) is 27.1. The van der Waals surface area contributed by atoms with Gasteiger partial charge >= 0.3 is 5.97 Å². The van der Waals surface area contributed by atoms with E-state index in [-0.39, 0.29) is 0 Å². The Morgan fingerprint density at radius 3 is 2.41 bits per heavy atom. The molecule has 242 valence electrons. The molecule has 1 atom stereocenters. The fourth-order valence-electron chi connectivity index (χ4n) is 6.18. The maximum absolute atomic E-state index is 12.7. The number of thiazole rings is 1. The third-order valence-electron chi connectivity index (χ3n) is 8.38. The van der Waals surface area contributed by atoms with E-state index in [0.717, 1.165) is 93.5 Å². The summed E-state index contributed by atoms with van der Waals surface area (Å²) in [6.07, 6.45) is -1.16. The van der Waals surface area contributed by atoms with Gasteiger partial charge in [-0.05, 0) is 75.2 Å². The number of anilines is 1. The second kappa shape index (κ2) is 12.9. The van der Waals surface area contributed by atoms with E-state index in [2.05, 4.69) is 28.0 Å². The molecule has 1 unspecified atom stereocenters. The Bertz CT molecular complexity index is 1890. The van der Waals surface area contributed by atoms with Crippen molar-refractivity contribution in [3.05, 3.63) is 64.7 Å². The SMILES string of the molecule is COCCN1CCN(c2nn(C)c3ccc(-c4nc5cc(C)c(C(OC(C)(C)C)C(=O)O)c(-c6ccc(Cl)cc6)c5s4)cc23)CC1. The fourth-order valence-corrected chi connectivity index (χ4v) is 7.43. The lowest BCUT2D eigenvalue weighted by molar-refractivity contribution is -0.160. The van der Waals surface area contributed by atoms with Crippen molar-refractivity contribution >= 4 is 55.8 Å². The van der Waals surface area contributed by atoms with Crippen LogP contribution in [0.2, 0.25) is 5.02 Å². The number of hydrogen-bond donors (Lipinski definition) is 1. The molecule has 0 aliphatic carbocycles. The number of aromatic nitrogens is 3. The number of piperazine rings is 1. The lowest BCUT2D eigenvalue weighted by Crippen LogP contribution is -2.47. The minimum atomic E-state index is -1.16. The number of carboxylic acids is 1. The summed E-state index contributed by atoms with van der Waals surface area (Å²) in [6, 6.07) is 15.9. The molecule has 5 aromatic rings. The van der Waals surface area contributed by atoms with Crippen molar-refractivity contribution in [3.63, 3.8) is 0 Å². The molecule has 1 aliphatic rings. The Labute approximate surface area is 278 Å². The fraction of sp³-hybridized carbons (Fsp3) is 0.400. The largest absolute Gasteiger partial charge is 0.479 e. The van der Waals surface area contributed by atoms with Gasteiger partial charge in [-0.3, -0.25) is 9.58 Å². The molecule has 0 saturated carbocycles. The number of ether oxygens (including phenoxy) is 2. The molecular formula is C35H40ClN5O4S. The average molecular weight is 662 g/mol.